The van der Waals surface area contributed by atoms with Crippen molar-refractivity contribution >= 4 is 18.0 Å². The first kappa shape index (κ1) is 22.3. The van der Waals surface area contributed by atoms with E-state index in [-0.39, 0.29) is 19.5 Å². The number of carboxylic acid groups (broad SMARTS) is 2. The Bertz CT molecular complexity index is 931. The summed E-state index contributed by atoms with van der Waals surface area (Å²) in [5.41, 5.74) is 2.89. The summed E-state index contributed by atoms with van der Waals surface area (Å²) in [7, 11) is 0. The topological polar surface area (TPSA) is 98.2 Å². The number of rotatable bonds is 8. The SMILES string of the molecule is CCN(C[C@@H](CCc1ccccc1)C(=O)O)C(=O)N1Cc2ccccc2C[C@H]1C(=O)O. The molecule has 2 aromatic rings. The van der Waals surface area contributed by atoms with Gasteiger partial charge in [0.2, 0.25) is 0 Å². The average molecular weight is 424 g/mol. The highest BCUT2D eigenvalue weighted by molar-refractivity contribution is 5.84. The van der Waals surface area contributed by atoms with Crippen LogP contribution in [0.5, 0.6) is 0 Å². The summed E-state index contributed by atoms with van der Waals surface area (Å²) in [4.78, 5) is 39.8. The molecule has 2 amide bonds. The minimum Gasteiger partial charge on any atom is -0.481 e. The molecule has 0 unspecified atom stereocenters. The number of hydrogen-bond donors (Lipinski definition) is 2. The van der Waals surface area contributed by atoms with E-state index in [4.69, 9.17) is 0 Å². The number of hydrogen-bond acceptors (Lipinski definition) is 3. The summed E-state index contributed by atoms with van der Waals surface area (Å²) in [6, 6.07) is 15.7. The van der Waals surface area contributed by atoms with Crippen LogP contribution in [0, 0.1) is 5.92 Å². The second-order valence-corrected chi connectivity index (χ2v) is 7.84. The van der Waals surface area contributed by atoms with Crippen LogP contribution in [0.2, 0.25) is 0 Å². The molecule has 31 heavy (non-hydrogen) atoms. The van der Waals surface area contributed by atoms with Crippen molar-refractivity contribution in [3.05, 3.63) is 71.3 Å². The quantitative estimate of drug-likeness (QED) is 0.678. The van der Waals surface area contributed by atoms with E-state index in [0.717, 1.165) is 16.7 Å². The maximum Gasteiger partial charge on any atom is 0.326 e. The minimum absolute atomic E-state index is 0.0436. The number of fused-ring (bicyclic) bond motifs is 1. The zero-order valence-corrected chi connectivity index (χ0v) is 17.6. The van der Waals surface area contributed by atoms with Gasteiger partial charge in [-0.25, -0.2) is 9.59 Å². The van der Waals surface area contributed by atoms with Gasteiger partial charge < -0.3 is 20.0 Å². The van der Waals surface area contributed by atoms with Crippen molar-refractivity contribution in [3.63, 3.8) is 0 Å². The van der Waals surface area contributed by atoms with E-state index in [9.17, 15) is 24.6 Å². The predicted octanol–water partition coefficient (Wildman–Crippen LogP) is 3.27. The van der Waals surface area contributed by atoms with Gasteiger partial charge in [-0.3, -0.25) is 4.79 Å². The summed E-state index contributed by atoms with van der Waals surface area (Å²) < 4.78 is 0. The zero-order chi connectivity index (χ0) is 22.4. The van der Waals surface area contributed by atoms with Crippen molar-refractivity contribution in [2.75, 3.05) is 13.1 Å². The van der Waals surface area contributed by atoms with Crippen LogP contribution < -0.4 is 0 Å². The van der Waals surface area contributed by atoms with Gasteiger partial charge >= 0.3 is 18.0 Å². The lowest BCUT2D eigenvalue weighted by Gasteiger charge is -2.38. The number of carbonyl (C=O) groups is 3. The lowest BCUT2D eigenvalue weighted by molar-refractivity contribution is -0.144. The van der Waals surface area contributed by atoms with Crippen LogP contribution in [0.3, 0.4) is 0 Å². The van der Waals surface area contributed by atoms with Crippen LogP contribution in [0.15, 0.2) is 54.6 Å². The molecule has 0 saturated carbocycles. The van der Waals surface area contributed by atoms with Crippen LogP contribution >= 0.6 is 0 Å². The number of carbonyl (C=O) groups excluding carboxylic acids is 1. The van der Waals surface area contributed by atoms with Crippen molar-refractivity contribution in [2.45, 2.75) is 38.8 Å². The Labute approximate surface area is 181 Å². The third-order valence-corrected chi connectivity index (χ3v) is 5.85. The van der Waals surface area contributed by atoms with Crippen LogP contribution in [-0.2, 0) is 29.0 Å². The van der Waals surface area contributed by atoms with E-state index >= 15 is 0 Å². The molecule has 7 heteroatoms. The summed E-state index contributed by atoms with van der Waals surface area (Å²) in [5.74, 6) is -2.75. The normalized spacial score (nSPS) is 16.3. The second-order valence-electron chi connectivity index (χ2n) is 7.84. The molecule has 2 atom stereocenters. The van der Waals surface area contributed by atoms with Crippen LogP contribution in [-0.4, -0.2) is 57.1 Å². The van der Waals surface area contributed by atoms with Crippen molar-refractivity contribution in [1.29, 1.82) is 0 Å². The molecule has 1 heterocycles. The van der Waals surface area contributed by atoms with Gasteiger partial charge in [0.25, 0.3) is 0 Å². The maximum absolute atomic E-state index is 13.3. The molecule has 0 bridgehead atoms. The molecule has 1 aliphatic heterocycles. The summed E-state index contributed by atoms with van der Waals surface area (Å²) >= 11 is 0. The first-order chi connectivity index (χ1) is 14.9. The number of benzene rings is 2. The van der Waals surface area contributed by atoms with Crippen molar-refractivity contribution < 1.29 is 24.6 Å². The minimum atomic E-state index is -1.06. The van der Waals surface area contributed by atoms with Gasteiger partial charge in [0.1, 0.15) is 6.04 Å². The third-order valence-electron chi connectivity index (χ3n) is 5.85. The summed E-state index contributed by atoms with van der Waals surface area (Å²) in [5, 5.41) is 19.4. The number of amides is 2. The van der Waals surface area contributed by atoms with E-state index < -0.39 is 29.9 Å². The number of nitrogens with zero attached hydrogens (tertiary/aromatic N) is 2. The fourth-order valence-corrected chi connectivity index (χ4v) is 4.01. The summed E-state index contributed by atoms with van der Waals surface area (Å²) in [6.45, 7) is 2.33. The van der Waals surface area contributed by atoms with E-state index in [1.807, 2.05) is 54.6 Å². The van der Waals surface area contributed by atoms with Gasteiger partial charge in [-0.2, -0.15) is 0 Å². The Morgan fingerprint density at radius 1 is 1.03 bits per heavy atom. The standard InChI is InChI=1S/C24H28N2O5/c1-2-25(15-20(22(27)28)13-12-17-8-4-3-5-9-17)24(31)26-16-19-11-7-6-10-18(19)14-21(26)23(29)30/h3-11,20-21H,2,12-16H2,1H3,(H,27,28)(H,29,30)/t20-,21+/m1/s1. The number of aryl methyl sites for hydroxylation is 1. The highest BCUT2D eigenvalue weighted by Crippen LogP contribution is 2.25. The maximum atomic E-state index is 13.3. The lowest BCUT2D eigenvalue weighted by atomic mass is 9.94. The molecule has 0 aromatic heterocycles. The fraction of sp³-hybridized carbons (Fsp3) is 0.375. The van der Waals surface area contributed by atoms with E-state index in [1.165, 1.54) is 9.80 Å². The van der Waals surface area contributed by atoms with Gasteiger partial charge in [-0.1, -0.05) is 54.6 Å². The molecule has 0 saturated heterocycles. The van der Waals surface area contributed by atoms with Gasteiger partial charge in [0.05, 0.1) is 5.92 Å². The first-order valence-corrected chi connectivity index (χ1v) is 10.5. The first-order valence-electron chi connectivity index (χ1n) is 10.5. The predicted molar refractivity (Wildman–Crippen MR) is 116 cm³/mol. The third kappa shape index (κ3) is 5.42. The Morgan fingerprint density at radius 3 is 2.29 bits per heavy atom. The van der Waals surface area contributed by atoms with Crippen LogP contribution in [0.1, 0.15) is 30.0 Å². The average Bonchev–Trinajstić information content (AvgIpc) is 2.78. The molecular weight excluding hydrogens is 396 g/mol. The Morgan fingerprint density at radius 2 is 1.68 bits per heavy atom. The Hall–Kier alpha value is -3.35. The fourth-order valence-electron chi connectivity index (χ4n) is 4.01. The molecule has 1 aliphatic rings. The second kappa shape index (κ2) is 10.1. The molecule has 0 fully saturated rings. The monoisotopic (exact) mass is 424 g/mol. The molecule has 0 aliphatic carbocycles. The lowest BCUT2D eigenvalue weighted by Crippen LogP contribution is -2.54. The Kier molecular flexibility index (Phi) is 7.28. The van der Waals surface area contributed by atoms with E-state index in [2.05, 4.69) is 0 Å². The van der Waals surface area contributed by atoms with Gasteiger partial charge in [-0.15, -0.1) is 0 Å². The Balaban J connectivity index is 1.74. The van der Waals surface area contributed by atoms with Crippen molar-refractivity contribution in [2.24, 2.45) is 5.92 Å². The van der Waals surface area contributed by atoms with Crippen molar-refractivity contribution in [3.8, 4) is 0 Å². The molecule has 7 nitrogen and oxygen atoms in total. The molecule has 2 aromatic carbocycles. The molecular formula is C24H28N2O5. The molecule has 0 spiro atoms. The number of urea groups is 1. The number of aliphatic carboxylic acids is 2. The molecule has 2 N–H and O–H groups in total. The summed E-state index contributed by atoms with van der Waals surface area (Å²) in [6.07, 6.45) is 1.23. The molecule has 3 rings (SSSR count). The van der Waals surface area contributed by atoms with Gasteiger partial charge in [0, 0.05) is 26.1 Å². The molecule has 0 radical (unpaired) electrons. The smallest absolute Gasteiger partial charge is 0.326 e. The van der Waals surface area contributed by atoms with Crippen LogP contribution in [0.4, 0.5) is 4.79 Å². The highest BCUT2D eigenvalue weighted by atomic mass is 16.4. The van der Waals surface area contributed by atoms with Gasteiger partial charge in [0.15, 0.2) is 0 Å². The van der Waals surface area contributed by atoms with Crippen LogP contribution in [0.25, 0.3) is 0 Å². The number of carboxylic acids is 2. The van der Waals surface area contributed by atoms with Gasteiger partial charge in [-0.05, 0) is 36.5 Å². The van der Waals surface area contributed by atoms with E-state index in [1.54, 1.807) is 6.92 Å². The molecule has 164 valence electrons. The highest BCUT2D eigenvalue weighted by Gasteiger charge is 2.37. The van der Waals surface area contributed by atoms with Crippen molar-refractivity contribution in [1.82, 2.24) is 9.80 Å². The zero-order valence-electron chi connectivity index (χ0n) is 17.6. The largest absolute Gasteiger partial charge is 0.481 e. The van der Waals surface area contributed by atoms with E-state index in [0.29, 0.717) is 19.4 Å².